The molecule has 65 valence electrons. The van der Waals surface area contributed by atoms with Crippen LogP contribution < -0.4 is 0 Å². The van der Waals surface area contributed by atoms with Gasteiger partial charge in [-0.25, -0.2) is 0 Å². The van der Waals surface area contributed by atoms with Crippen LogP contribution in [0, 0.1) is 6.07 Å². The van der Waals surface area contributed by atoms with Gasteiger partial charge in [0.15, 0.2) is 0 Å². The summed E-state index contributed by atoms with van der Waals surface area (Å²) >= 11 is 0. The minimum absolute atomic E-state index is 0.314. The van der Waals surface area contributed by atoms with Crippen molar-refractivity contribution in [2.75, 3.05) is 0 Å². The smallest absolute Gasteiger partial charge is 0.0261 e. The third kappa shape index (κ3) is 4.07. The Labute approximate surface area is 82.5 Å². The summed E-state index contributed by atoms with van der Waals surface area (Å²) in [7, 11) is 3.66. The highest BCUT2D eigenvalue weighted by Gasteiger charge is 2.10. The topological polar surface area (TPSA) is 0 Å². The Hall–Kier alpha value is -0.0800. The van der Waals surface area contributed by atoms with E-state index in [2.05, 4.69) is 32.9 Å². The van der Waals surface area contributed by atoms with E-state index in [1.807, 2.05) is 29.0 Å². The number of benzene rings is 1. The molecule has 0 N–H and O–H groups in total. The van der Waals surface area contributed by atoms with Crippen LogP contribution in [0.5, 0.6) is 0 Å². The summed E-state index contributed by atoms with van der Waals surface area (Å²) in [4.78, 5) is 1.21. The van der Waals surface area contributed by atoms with Crippen molar-refractivity contribution in [1.82, 2.24) is 0 Å². The normalized spacial score (nSPS) is 11.6. The number of rotatable bonds is 2. The number of hydrogen-bond donors (Lipinski definition) is 0. The van der Waals surface area contributed by atoms with Gasteiger partial charge in [0, 0.05) is 9.64 Å². The van der Waals surface area contributed by atoms with Crippen molar-refractivity contribution in [3.8, 4) is 0 Å². The molecular weight excluding hydrogens is 184 g/mol. The highest BCUT2D eigenvalue weighted by atomic mass is 33.1. The molecule has 1 radical (unpaired) electrons. The van der Waals surface area contributed by atoms with E-state index in [9.17, 15) is 0 Å². The van der Waals surface area contributed by atoms with Crippen LogP contribution >= 0.6 is 21.6 Å². The summed E-state index contributed by atoms with van der Waals surface area (Å²) in [5.41, 5.74) is 0. The Morgan fingerprint density at radius 3 is 2.50 bits per heavy atom. The Balaban J connectivity index is 2.44. The fourth-order valence-corrected chi connectivity index (χ4v) is 2.52. The van der Waals surface area contributed by atoms with Crippen LogP contribution in [-0.4, -0.2) is 4.75 Å². The molecule has 0 fully saturated rings. The fourth-order valence-electron chi connectivity index (χ4n) is 0.599. The van der Waals surface area contributed by atoms with Crippen molar-refractivity contribution in [2.24, 2.45) is 0 Å². The quantitative estimate of drug-likeness (QED) is 0.657. The van der Waals surface area contributed by atoms with Crippen molar-refractivity contribution in [2.45, 2.75) is 30.4 Å². The number of hydrogen-bond acceptors (Lipinski definition) is 2. The van der Waals surface area contributed by atoms with E-state index in [1.165, 1.54) is 4.90 Å². The van der Waals surface area contributed by atoms with E-state index < -0.39 is 0 Å². The summed E-state index contributed by atoms with van der Waals surface area (Å²) in [6.45, 7) is 6.65. The molecule has 0 aliphatic heterocycles. The van der Waals surface area contributed by atoms with E-state index in [0.717, 1.165) is 0 Å². The lowest BCUT2D eigenvalue weighted by molar-refractivity contribution is 0.810. The second-order valence-electron chi connectivity index (χ2n) is 3.51. The molecule has 0 saturated carbocycles. The van der Waals surface area contributed by atoms with Crippen LogP contribution in [0.15, 0.2) is 29.2 Å². The Kier molecular flexibility index (Phi) is 3.53. The van der Waals surface area contributed by atoms with E-state index in [1.54, 1.807) is 10.8 Å². The molecule has 0 bridgehead atoms. The van der Waals surface area contributed by atoms with Gasteiger partial charge in [-0.2, -0.15) is 0 Å². The maximum atomic E-state index is 3.18. The van der Waals surface area contributed by atoms with Gasteiger partial charge in [0.2, 0.25) is 0 Å². The zero-order chi connectivity index (χ0) is 9.03. The lowest BCUT2D eigenvalue weighted by atomic mass is 10.3. The Morgan fingerprint density at radius 2 is 2.00 bits per heavy atom. The predicted octanol–water partition coefficient (Wildman–Crippen LogP) is 4.03. The van der Waals surface area contributed by atoms with Crippen LogP contribution in [-0.2, 0) is 0 Å². The van der Waals surface area contributed by atoms with Gasteiger partial charge in [0.25, 0.3) is 0 Å². The third-order valence-corrected chi connectivity index (χ3v) is 4.37. The highest BCUT2D eigenvalue weighted by Crippen LogP contribution is 2.39. The van der Waals surface area contributed by atoms with Crippen molar-refractivity contribution in [1.29, 1.82) is 0 Å². The molecular formula is C10H13S2. The molecule has 0 spiro atoms. The predicted molar refractivity (Wildman–Crippen MR) is 58.5 cm³/mol. The van der Waals surface area contributed by atoms with Crippen LogP contribution in [0.2, 0.25) is 0 Å². The first-order chi connectivity index (χ1) is 5.58. The van der Waals surface area contributed by atoms with Crippen LogP contribution in [0.3, 0.4) is 0 Å². The van der Waals surface area contributed by atoms with E-state index in [-0.39, 0.29) is 0 Å². The third-order valence-electron chi connectivity index (χ3n) is 1.06. The van der Waals surface area contributed by atoms with Gasteiger partial charge < -0.3 is 0 Å². The summed E-state index contributed by atoms with van der Waals surface area (Å²) in [6.07, 6.45) is 0. The average molecular weight is 197 g/mol. The van der Waals surface area contributed by atoms with Crippen molar-refractivity contribution in [3.05, 3.63) is 30.3 Å². The molecule has 2 heteroatoms. The monoisotopic (exact) mass is 197 g/mol. The van der Waals surface area contributed by atoms with E-state index in [4.69, 9.17) is 0 Å². The van der Waals surface area contributed by atoms with Gasteiger partial charge in [0.1, 0.15) is 0 Å². The summed E-state index contributed by atoms with van der Waals surface area (Å²) in [6, 6.07) is 11.3. The van der Waals surface area contributed by atoms with Gasteiger partial charge in [-0.15, -0.1) is 0 Å². The Morgan fingerprint density at radius 1 is 1.25 bits per heavy atom. The first-order valence-corrected chi connectivity index (χ1v) is 6.05. The molecule has 0 atom stereocenters. The van der Waals surface area contributed by atoms with E-state index in [0.29, 0.717) is 4.75 Å². The molecule has 1 aromatic rings. The van der Waals surface area contributed by atoms with Crippen LogP contribution in [0.25, 0.3) is 0 Å². The van der Waals surface area contributed by atoms with E-state index >= 15 is 0 Å². The lowest BCUT2D eigenvalue weighted by Gasteiger charge is -2.15. The van der Waals surface area contributed by atoms with Crippen LogP contribution in [0.1, 0.15) is 20.8 Å². The standard InChI is InChI=1S/C10H13S2/c1-10(2,3)12-11-9-7-5-4-6-8-9/h4-7H,1-3H3. The van der Waals surface area contributed by atoms with Gasteiger partial charge >= 0.3 is 0 Å². The van der Waals surface area contributed by atoms with Crippen molar-refractivity contribution < 1.29 is 0 Å². The SMILES string of the molecule is CC(C)(C)SSc1[c]cccc1. The molecule has 0 saturated heterocycles. The van der Waals surface area contributed by atoms with Crippen LogP contribution in [0.4, 0.5) is 0 Å². The van der Waals surface area contributed by atoms with Gasteiger partial charge in [-0.05, 0) is 12.1 Å². The molecule has 0 aromatic heterocycles. The zero-order valence-corrected chi connectivity index (χ0v) is 9.26. The summed E-state index contributed by atoms with van der Waals surface area (Å²) in [5.74, 6) is 0. The molecule has 0 amide bonds. The molecule has 0 aliphatic rings. The van der Waals surface area contributed by atoms with Gasteiger partial charge in [0.05, 0.1) is 0 Å². The van der Waals surface area contributed by atoms with Gasteiger partial charge in [-0.3, -0.25) is 0 Å². The minimum atomic E-state index is 0.314. The molecule has 12 heavy (non-hydrogen) atoms. The van der Waals surface area contributed by atoms with Crippen molar-refractivity contribution in [3.63, 3.8) is 0 Å². The molecule has 0 nitrogen and oxygen atoms in total. The van der Waals surface area contributed by atoms with Crippen molar-refractivity contribution >= 4 is 21.6 Å². The average Bonchev–Trinajstić information content (AvgIpc) is 2.02. The minimum Gasteiger partial charge on any atom is -0.0829 e. The molecule has 0 aliphatic carbocycles. The first-order valence-electron chi connectivity index (χ1n) is 3.90. The first kappa shape index (κ1) is 10.0. The zero-order valence-electron chi connectivity index (χ0n) is 7.63. The molecule has 0 unspecified atom stereocenters. The fraction of sp³-hybridized carbons (Fsp3) is 0.400. The molecule has 1 aromatic carbocycles. The largest absolute Gasteiger partial charge is 0.0829 e. The second kappa shape index (κ2) is 4.24. The molecule has 1 rings (SSSR count). The maximum absolute atomic E-state index is 3.18. The lowest BCUT2D eigenvalue weighted by Crippen LogP contribution is -2.04. The highest BCUT2D eigenvalue weighted by molar-refractivity contribution is 8.77. The van der Waals surface area contributed by atoms with Gasteiger partial charge in [-0.1, -0.05) is 60.6 Å². The molecule has 0 heterocycles. The Bertz CT molecular complexity index is 223. The maximum Gasteiger partial charge on any atom is 0.0261 e. The summed E-state index contributed by atoms with van der Waals surface area (Å²) < 4.78 is 0.314. The second-order valence-corrected chi connectivity index (χ2v) is 6.50. The summed E-state index contributed by atoms with van der Waals surface area (Å²) in [5, 5.41) is 0.